The van der Waals surface area contributed by atoms with Crippen LogP contribution in [0.15, 0.2) is 24.5 Å². The van der Waals surface area contributed by atoms with Crippen LogP contribution in [0.3, 0.4) is 0 Å². The summed E-state index contributed by atoms with van der Waals surface area (Å²) in [4.78, 5) is 11.5. The van der Waals surface area contributed by atoms with Gasteiger partial charge < -0.3 is 16.0 Å². The van der Waals surface area contributed by atoms with Crippen LogP contribution in [-0.4, -0.2) is 35.1 Å². The molecule has 2 aromatic rings. The second-order valence-corrected chi connectivity index (χ2v) is 5.01. The van der Waals surface area contributed by atoms with Crippen LogP contribution in [0.4, 0.5) is 30.6 Å². The van der Waals surface area contributed by atoms with Crippen molar-refractivity contribution in [2.24, 2.45) is 0 Å². The summed E-state index contributed by atoms with van der Waals surface area (Å²) in [7, 11) is 1.76. The fourth-order valence-corrected chi connectivity index (χ4v) is 1.92. The third kappa shape index (κ3) is 5.29. The topological polar surface area (TPSA) is 98.6 Å². The van der Waals surface area contributed by atoms with Crippen molar-refractivity contribution in [1.29, 1.82) is 5.26 Å². The summed E-state index contributed by atoms with van der Waals surface area (Å²) in [5.74, 6) is -0.293. The smallest absolute Gasteiger partial charge is 0.369 e. The lowest BCUT2D eigenvalue weighted by molar-refractivity contribution is -0.137. The maximum absolute atomic E-state index is 13.1. The molecule has 2 heterocycles. The monoisotopic (exact) mass is 351 g/mol. The summed E-state index contributed by atoms with van der Waals surface area (Å²) < 4.78 is 39.2. The van der Waals surface area contributed by atoms with E-state index in [9.17, 15) is 13.2 Å². The second-order valence-electron chi connectivity index (χ2n) is 5.01. The number of nitrogens with zero attached hydrogens (tertiary/aromatic N) is 4. The van der Waals surface area contributed by atoms with E-state index in [1.54, 1.807) is 13.1 Å². The van der Waals surface area contributed by atoms with Gasteiger partial charge in [-0.2, -0.15) is 23.4 Å². The van der Waals surface area contributed by atoms with Gasteiger partial charge in [0, 0.05) is 12.7 Å². The highest BCUT2D eigenvalue weighted by Crippen LogP contribution is 2.34. The lowest BCUT2D eigenvalue weighted by atomic mass is 10.3. The first kappa shape index (κ1) is 18.4. The molecule has 0 aliphatic carbocycles. The molecule has 132 valence electrons. The fourth-order valence-electron chi connectivity index (χ4n) is 1.92. The molecule has 25 heavy (non-hydrogen) atoms. The van der Waals surface area contributed by atoms with Gasteiger partial charge in [-0.05, 0) is 32.1 Å². The molecule has 0 bridgehead atoms. The Hall–Kier alpha value is -2.93. The van der Waals surface area contributed by atoms with Gasteiger partial charge in [-0.3, -0.25) is 0 Å². The lowest BCUT2D eigenvalue weighted by Crippen LogP contribution is -2.17. The van der Waals surface area contributed by atoms with Gasteiger partial charge in [-0.1, -0.05) is 0 Å². The number of alkyl halides is 3. The van der Waals surface area contributed by atoms with Crippen LogP contribution in [0.2, 0.25) is 0 Å². The maximum atomic E-state index is 13.1. The van der Waals surface area contributed by atoms with Gasteiger partial charge in [-0.25, -0.2) is 9.97 Å². The molecule has 0 aliphatic rings. The molecule has 3 N–H and O–H groups in total. The van der Waals surface area contributed by atoms with Crippen LogP contribution in [-0.2, 0) is 6.18 Å². The normalized spacial score (nSPS) is 11.0. The zero-order valence-corrected chi connectivity index (χ0v) is 13.4. The number of nitriles is 1. The molecule has 0 unspecified atom stereocenters. The minimum Gasteiger partial charge on any atom is -0.369 e. The zero-order chi connectivity index (χ0) is 18.3. The summed E-state index contributed by atoms with van der Waals surface area (Å²) in [5, 5.41) is 17.1. The Morgan fingerprint density at radius 1 is 1.16 bits per heavy atom. The fraction of sp³-hybridized carbons (Fsp3) is 0.333. The predicted molar refractivity (Wildman–Crippen MR) is 86.3 cm³/mol. The number of halogens is 3. The van der Waals surface area contributed by atoms with Crippen molar-refractivity contribution in [3.63, 3.8) is 0 Å². The Bertz CT molecular complexity index is 738. The molecule has 0 aliphatic heterocycles. The molecule has 0 fully saturated rings. The van der Waals surface area contributed by atoms with Gasteiger partial charge in [0.1, 0.15) is 23.1 Å². The quantitative estimate of drug-likeness (QED) is 0.659. The number of anilines is 3. The van der Waals surface area contributed by atoms with Gasteiger partial charge in [0.05, 0.1) is 11.9 Å². The summed E-state index contributed by atoms with van der Waals surface area (Å²) in [5.41, 5.74) is -0.244. The van der Waals surface area contributed by atoms with Crippen LogP contribution in [0.1, 0.15) is 17.7 Å². The van der Waals surface area contributed by atoms with Gasteiger partial charge >= 0.3 is 6.18 Å². The Balaban J connectivity index is 2.19. The van der Waals surface area contributed by atoms with Crippen LogP contribution < -0.4 is 16.0 Å². The highest BCUT2D eigenvalue weighted by molar-refractivity contribution is 5.56. The molecule has 2 aromatic heterocycles. The van der Waals surface area contributed by atoms with E-state index in [-0.39, 0.29) is 17.5 Å². The first-order chi connectivity index (χ1) is 11.9. The molecule has 0 spiro atoms. The molecule has 0 amide bonds. The van der Waals surface area contributed by atoms with Crippen LogP contribution in [0, 0.1) is 11.3 Å². The molecular weight excluding hydrogens is 335 g/mol. The van der Waals surface area contributed by atoms with E-state index in [0.717, 1.165) is 6.20 Å². The number of nitrogens with one attached hydrogen (secondary N) is 3. The van der Waals surface area contributed by atoms with Crippen LogP contribution in [0.5, 0.6) is 0 Å². The predicted octanol–water partition coefficient (Wildman–Crippen LogP) is 2.53. The third-order valence-electron chi connectivity index (χ3n) is 3.12. The standard InChI is InChI=1S/C15H16F3N7/c1-20-5-2-6-21-13-12(15(16,17)18)9-23-14(25-13)24-11-4-3-10(7-19)22-8-11/h3-4,8-9,20H,2,5-6H2,1H3,(H2,21,23,24,25). The summed E-state index contributed by atoms with van der Waals surface area (Å²) in [6, 6.07) is 4.91. The summed E-state index contributed by atoms with van der Waals surface area (Å²) in [6.45, 7) is 1.00. The van der Waals surface area contributed by atoms with Crippen molar-refractivity contribution in [3.8, 4) is 6.07 Å². The first-order valence-corrected chi connectivity index (χ1v) is 7.40. The zero-order valence-electron chi connectivity index (χ0n) is 13.4. The van der Waals surface area contributed by atoms with Crippen LogP contribution >= 0.6 is 0 Å². The number of pyridine rings is 1. The third-order valence-corrected chi connectivity index (χ3v) is 3.12. The minimum absolute atomic E-state index is 0.00405. The Morgan fingerprint density at radius 3 is 2.56 bits per heavy atom. The van der Waals surface area contributed by atoms with Crippen molar-refractivity contribution in [1.82, 2.24) is 20.3 Å². The average Bonchev–Trinajstić information content (AvgIpc) is 2.58. The van der Waals surface area contributed by atoms with Crippen molar-refractivity contribution >= 4 is 17.5 Å². The van der Waals surface area contributed by atoms with E-state index < -0.39 is 11.7 Å². The Kier molecular flexibility index (Phi) is 6.08. The van der Waals surface area contributed by atoms with E-state index in [0.29, 0.717) is 25.2 Å². The highest BCUT2D eigenvalue weighted by atomic mass is 19.4. The SMILES string of the molecule is CNCCCNc1nc(Nc2ccc(C#N)nc2)ncc1C(F)(F)F. The molecule has 0 radical (unpaired) electrons. The Labute approximate surface area is 142 Å². The molecule has 2 rings (SSSR count). The van der Waals surface area contributed by atoms with E-state index >= 15 is 0 Å². The largest absolute Gasteiger partial charge is 0.421 e. The summed E-state index contributed by atoms with van der Waals surface area (Å²) in [6.07, 6.45) is -1.81. The molecule has 7 nitrogen and oxygen atoms in total. The number of hydrogen-bond acceptors (Lipinski definition) is 7. The van der Waals surface area contributed by atoms with Crippen molar-refractivity contribution < 1.29 is 13.2 Å². The lowest BCUT2D eigenvalue weighted by Gasteiger charge is -2.14. The van der Waals surface area contributed by atoms with Crippen molar-refractivity contribution in [3.05, 3.63) is 35.8 Å². The van der Waals surface area contributed by atoms with Crippen molar-refractivity contribution in [2.45, 2.75) is 12.6 Å². The Morgan fingerprint density at radius 2 is 1.96 bits per heavy atom. The minimum atomic E-state index is -4.56. The number of rotatable bonds is 7. The van der Waals surface area contributed by atoms with Gasteiger partial charge in [-0.15, -0.1) is 0 Å². The van der Waals surface area contributed by atoms with Gasteiger partial charge in [0.2, 0.25) is 5.95 Å². The molecule has 0 saturated carbocycles. The van der Waals surface area contributed by atoms with E-state index in [4.69, 9.17) is 5.26 Å². The summed E-state index contributed by atoms with van der Waals surface area (Å²) >= 11 is 0. The average molecular weight is 351 g/mol. The number of hydrogen-bond donors (Lipinski definition) is 3. The highest BCUT2D eigenvalue weighted by Gasteiger charge is 2.35. The molecule has 0 saturated heterocycles. The van der Waals surface area contributed by atoms with Crippen molar-refractivity contribution in [2.75, 3.05) is 30.8 Å². The second kappa shape index (κ2) is 8.25. The van der Waals surface area contributed by atoms with Gasteiger partial charge in [0.25, 0.3) is 0 Å². The maximum Gasteiger partial charge on any atom is 0.421 e. The van der Waals surface area contributed by atoms with Crippen LogP contribution in [0.25, 0.3) is 0 Å². The molecular formula is C15H16F3N7. The molecule has 0 aromatic carbocycles. The first-order valence-electron chi connectivity index (χ1n) is 7.40. The molecule has 0 atom stereocenters. The van der Waals surface area contributed by atoms with E-state index in [1.165, 1.54) is 12.3 Å². The van der Waals surface area contributed by atoms with Gasteiger partial charge in [0.15, 0.2) is 0 Å². The number of aromatic nitrogens is 3. The van der Waals surface area contributed by atoms with E-state index in [2.05, 4.69) is 30.9 Å². The molecule has 10 heteroatoms. The van der Waals surface area contributed by atoms with E-state index in [1.807, 2.05) is 6.07 Å².